The summed E-state index contributed by atoms with van der Waals surface area (Å²) in [6.07, 6.45) is 0.515. The summed E-state index contributed by atoms with van der Waals surface area (Å²) in [4.78, 5) is 17.9. The molecule has 144 valence electrons. The quantitative estimate of drug-likeness (QED) is 0.409. The summed E-state index contributed by atoms with van der Waals surface area (Å²) in [5.74, 6) is -0.303. The van der Waals surface area contributed by atoms with Crippen molar-refractivity contribution in [3.05, 3.63) is 94.2 Å². The minimum absolute atomic E-state index is 0.303. The monoisotopic (exact) mass is 391 g/mol. The first-order valence-electron chi connectivity index (χ1n) is 9.35. The van der Waals surface area contributed by atoms with Gasteiger partial charge in [0.2, 0.25) is 0 Å². The fourth-order valence-electron chi connectivity index (χ4n) is 2.85. The van der Waals surface area contributed by atoms with Gasteiger partial charge in [-0.05, 0) is 43.2 Å². The lowest BCUT2D eigenvalue weighted by molar-refractivity contribution is -0.156. The van der Waals surface area contributed by atoms with Crippen molar-refractivity contribution in [1.29, 1.82) is 0 Å². The highest BCUT2D eigenvalue weighted by atomic mass is 32.1. The number of esters is 1. The zero-order valence-electron chi connectivity index (χ0n) is 16.5. The van der Waals surface area contributed by atoms with E-state index < -0.39 is 11.6 Å². The summed E-state index contributed by atoms with van der Waals surface area (Å²) in [6.45, 7) is 5.64. The standard InChI is InChI=1S/C24H25NO2S/c1-24(2,3)27-23(26)21(16-18-14-15-28-17-18)25-22(19-10-6-4-7-11-19)20-12-8-5-9-13-20/h4-15,17,21H,16H2,1-3H3/t21-/m0/s1. The lowest BCUT2D eigenvalue weighted by Gasteiger charge is -2.23. The molecular weight excluding hydrogens is 366 g/mol. The number of carbonyl (C=O) groups excluding carboxylic acids is 1. The van der Waals surface area contributed by atoms with Crippen LogP contribution in [0.1, 0.15) is 37.5 Å². The van der Waals surface area contributed by atoms with Gasteiger partial charge in [-0.1, -0.05) is 60.7 Å². The normalized spacial score (nSPS) is 12.2. The first-order valence-corrected chi connectivity index (χ1v) is 10.3. The van der Waals surface area contributed by atoms with Crippen LogP contribution in [0.15, 0.2) is 82.5 Å². The molecule has 4 heteroatoms. The molecule has 0 saturated carbocycles. The first kappa shape index (κ1) is 20.0. The number of ether oxygens (including phenoxy) is 1. The van der Waals surface area contributed by atoms with Crippen LogP contribution in [-0.4, -0.2) is 23.3 Å². The minimum atomic E-state index is -0.607. The summed E-state index contributed by atoms with van der Waals surface area (Å²) < 4.78 is 5.68. The fraction of sp³-hybridized carbons (Fsp3) is 0.250. The second-order valence-corrected chi connectivity index (χ2v) is 8.37. The molecule has 0 aliphatic heterocycles. The van der Waals surface area contributed by atoms with Gasteiger partial charge < -0.3 is 4.74 Å². The molecule has 0 fully saturated rings. The second kappa shape index (κ2) is 8.98. The van der Waals surface area contributed by atoms with Crippen molar-refractivity contribution >= 4 is 23.0 Å². The van der Waals surface area contributed by atoms with E-state index in [2.05, 4.69) is 5.38 Å². The zero-order chi connectivity index (χ0) is 20.0. The zero-order valence-corrected chi connectivity index (χ0v) is 17.3. The maximum atomic E-state index is 13.0. The first-order chi connectivity index (χ1) is 13.4. The van der Waals surface area contributed by atoms with Crippen LogP contribution >= 0.6 is 11.3 Å². The Hall–Kier alpha value is -2.72. The average Bonchev–Trinajstić information content (AvgIpc) is 3.18. The van der Waals surface area contributed by atoms with Crippen LogP contribution in [0.2, 0.25) is 0 Å². The number of benzene rings is 2. The third-order valence-corrected chi connectivity index (χ3v) is 4.80. The average molecular weight is 392 g/mol. The maximum absolute atomic E-state index is 13.0. The highest BCUT2D eigenvalue weighted by molar-refractivity contribution is 7.07. The van der Waals surface area contributed by atoms with Gasteiger partial charge in [0.05, 0.1) is 5.71 Å². The van der Waals surface area contributed by atoms with Crippen molar-refractivity contribution in [1.82, 2.24) is 0 Å². The maximum Gasteiger partial charge on any atom is 0.331 e. The third kappa shape index (κ3) is 5.64. The summed E-state index contributed by atoms with van der Waals surface area (Å²) in [6, 6.07) is 21.4. The van der Waals surface area contributed by atoms with Crippen LogP contribution in [0.3, 0.4) is 0 Å². The van der Waals surface area contributed by atoms with Gasteiger partial charge in [-0.2, -0.15) is 11.3 Å². The molecule has 0 amide bonds. The topological polar surface area (TPSA) is 38.7 Å². The number of aliphatic imine (C=N–C) groups is 1. The predicted octanol–water partition coefficient (Wildman–Crippen LogP) is 5.54. The molecule has 3 aromatic rings. The summed E-state index contributed by atoms with van der Waals surface area (Å²) in [5, 5.41) is 4.07. The molecular formula is C24H25NO2S. The largest absolute Gasteiger partial charge is 0.458 e. The van der Waals surface area contributed by atoms with E-state index in [9.17, 15) is 4.79 Å². The Bertz CT molecular complexity index is 869. The third-order valence-electron chi connectivity index (χ3n) is 4.07. The Balaban J connectivity index is 2.03. The molecule has 0 aliphatic rings. The predicted molar refractivity (Wildman–Crippen MR) is 116 cm³/mol. The van der Waals surface area contributed by atoms with Crippen molar-refractivity contribution in [2.75, 3.05) is 0 Å². The molecule has 0 radical (unpaired) electrons. The van der Waals surface area contributed by atoms with E-state index in [1.165, 1.54) is 0 Å². The highest BCUT2D eigenvalue weighted by Crippen LogP contribution is 2.18. The van der Waals surface area contributed by atoms with Crippen LogP contribution in [0, 0.1) is 0 Å². The van der Waals surface area contributed by atoms with Gasteiger partial charge in [-0.25, -0.2) is 4.79 Å². The molecule has 0 bridgehead atoms. The minimum Gasteiger partial charge on any atom is -0.458 e. The number of hydrogen-bond donors (Lipinski definition) is 0. The number of carbonyl (C=O) groups is 1. The number of hydrogen-bond acceptors (Lipinski definition) is 4. The smallest absolute Gasteiger partial charge is 0.331 e. The summed E-state index contributed by atoms with van der Waals surface area (Å²) in [5.41, 5.74) is 3.29. The number of rotatable bonds is 6. The van der Waals surface area contributed by atoms with Gasteiger partial charge in [-0.15, -0.1) is 0 Å². The Morgan fingerprint density at radius 3 is 2.00 bits per heavy atom. The van der Waals surface area contributed by atoms with Gasteiger partial charge in [-0.3, -0.25) is 4.99 Å². The van der Waals surface area contributed by atoms with Gasteiger partial charge in [0.15, 0.2) is 6.04 Å². The van der Waals surface area contributed by atoms with Crippen molar-refractivity contribution in [2.24, 2.45) is 4.99 Å². The van der Waals surface area contributed by atoms with E-state index >= 15 is 0 Å². The Morgan fingerprint density at radius 2 is 1.54 bits per heavy atom. The lowest BCUT2D eigenvalue weighted by Crippen LogP contribution is -2.33. The summed E-state index contributed by atoms with van der Waals surface area (Å²) >= 11 is 1.62. The Morgan fingerprint density at radius 1 is 0.964 bits per heavy atom. The molecule has 0 aliphatic carbocycles. The van der Waals surface area contributed by atoms with Gasteiger partial charge in [0.25, 0.3) is 0 Å². The molecule has 0 unspecified atom stereocenters. The van der Waals surface area contributed by atoms with Crippen molar-refractivity contribution < 1.29 is 9.53 Å². The van der Waals surface area contributed by atoms with E-state index in [1.54, 1.807) is 11.3 Å². The van der Waals surface area contributed by atoms with E-state index in [-0.39, 0.29) is 5.97 Å². The van der Waals surface area contributed by atoms with Crippen molar-refractivity contribution in [3.63, 3.8) is 0 Å². The molecule has 3 rings (SSSR count). The van der Waals surface area contributed by atoms with Gasteiger partial charge >= 0.3 is 5.97 Å². The van der Waals surface area contributed by atoms with Crippen LogP contribution in [0.4, 0.5) is 0 Å². The molecule has 1 atom stereocenters. The van der Waals surface area contributed by atoms with E-state index in [1.807, 2.05) is 92.9 Å². The Labute approximate surface area is 170 Å². The molecule has 1 aromatic heterocycles. The van der Waals surface area contributed by atoms with Crippen LogP contribution in [0.25, 0.3) is 0 Å². The highest BCUT2D eigenvalue weighted by Gasteiger charge is 2.26. The molecule has 1 heterocycles. The molecule has 0 saturated heterocycles. The van der Waals surface area contributed by atoms with Gasteiger partial charge in [0.1, 0.15) is 5.60 Å². The van der Waals surface area contributed by atoms with Crippen LogP contribution < -0.4 is 0 Å². The van der Waals surface area contributed by atoms with Crippen LogP contribution in [-0.2, 0) is 16.0 Å². The molecule has 0 N–H and O–H groups in total. The fourth-order valence-corrected chi connectivity index (χ4v) is 3.53. The van der Waals surface area contributed by atoms with E-state index in [0.717, 1.165) is 22.4 Å². The van der Waals surface area contributed by atoms with Crippen molar-refractivity contribution in [2.45, 2.75) is 38.8 Å². The number of thiophene rings is 1. The SMILES string of the molecule is CC(C)(C)OC(=O)[C@H](Cc1ccsc1)N=C(c1ccccc1)c1ccccc1. The van der Waals surface area contributed by atoms with Crippen LogP contribution in [0.5, 0.6) is 0 Å². The summed E-state index contributed by atoms with van der Waals surface area (Å²) in [7, 11) is 0. The van der Waals surface area contributed by atoms with E-state index in [0.29, 0.717) is 6.42 Å². The second-order valence-electron chi connectivity index (χ2n) is 7.59. The number of nitrogens with zero attached hydrogens (tertiary/aromatic N) is 1. The molecule has 28 heavy (non-hydrogen) atoms. The van der Waals surface area contributed by atoms with Gasteiger partial charge in [0, 0.05) is 17.5 Å². The Kier molecular flexibility index (Phi) is 6.42. The lowest BCUT2D eigenvalue weighted by atomic mass is 10.0. The van der Waals surface area contributed by atoms with Crippen molar-refractivity contribution in [3.8, 4) is 0 Å². The molecule has 2 aromatic carbocycles. The van der Waals surface area contributed by atoms with E-state index in [4.69, 9.17) is 9.73 Å². The molecule has 3 nitrogen and oxygen atoms in total. The molecule has 0 spiro atoms.